The average molecular weight is 268 g/mol. The van der Waals surface area contributed by atoms with E-state index in [1.54, 1.807) is 7.11 Å². The van der Waals surface area contributed by atoms with E-state index in [-0.39, 0.29) is 5.28 Å². The van der Waals surface area contributed by atoms with Crippen LogP contribution in [0.2, 0.25) is 5.28 Å². The van der Waals surface area contributed by atoms with Crippen molar-refractivity contribution in [1.29, 1.82) is 0 Å². The van der Waals surface area contributed by atoms with Crippen LogP contribution in [-0.2, 0) is 4.74 Å². The van der Waals surface area contributed by atoms with Crippen molar-refractivity contribution in [3.8, 4) is 5.88 Å². The molecule has 0 saturated heterocycles. The molecule has 0 radical (unpaired) electrons. The van der Waals surface area contributed by atoms with Gasteiger partial charge in [-0.2, -0.15) is 4.98 Å². The Hall–Kier alpha value is -0.390. The van der Waals surface area contributed by atoms with Gasteiger partial charge in [-0.1, -0.05) is 0 Å². The van der Waals surface area contributed by atoms with Gasteiger partial charge in [-0.05, 0) is 27.5 Å². The minimum atomic E-state index is 0.163. The van der Waals surface area contributed by atoms with E-state index in [4.69, 9.17) is 21.1 Å². The molecule has 1 heterocycles. The van der Waals surface area contributed by atoms with E-state index in [1.807, 2.05) is 0 Å². The summed E-state index contributed by atoms with van der Waals surface area (Å²) >= 11 is 8.81. The van der Waals surface area contributed by atoms with Crippen molar-refractivity contribution in [2.45, 2.75) is 0 Å². The largest absolute Gasteiger partial charge is 0.474 e. The molecule has 0 fully saturated rings. The lowest BCUT2D eigenvalue weighted by atomic mass is 10.6. The summed E-state index contributed by atoms with van der Waals surface area (Å²) in [4.78, 5) is 7.64. The number of hydrogen-bond donors (Lipinski definition) is 0. The van der Waals surface area contributed by atoms with Gasteiger partial charge >= 0.3 is 0 Å². The molecule has 0 N–H and O–H groups in total. The lowest BCUT2D eigenvalue weighted by Crippen LogP contribution is -2.06. The monoisotopic (exact) mass is 266 g/mol. The van der Waals surface area contributed by atoms with Gasteiger partial charge in [0.15, 0.2) is 0 Å². The van der Waals surface area contributed by atoms with Crippen molar-refractivity contribution in [3.05, 3.63) is 16.0 Å². The maximum atomic E-state index is 5.58. The molecule has 0 spiro atoms. The number of halogens is 2. The van der Waals surface area contributed by atoms with Gasteiger partial charge in [0.25, 0.3) is 0 Å². The molecule has 4 nitrogen and oxygen atoms in total. The molecule has 0 atom stereocenters. The van der Waals surface area contributed by atoms with E-state index < -0.39 is 0 Å². The zero-order chi connectivity index (χ0) is 9.68. The van der Waals surface area contributed by atoms with Crippen LogP contribution in [0, 0.1) is 0 Å². The molecule has 72 valence electrons. The predicted molar refractivity (Wildman–Crippen MR) is 52.1 cm³/mol. The molecule has 0 amide bonds. The molecule has 0 bridgehead atoms. The number of ether oxygens (including phenoxy) is 2. The van der Waals surface area contributed by atoms with Crippen LogP contribution in [0.4, 0.5) is 0 Å². The van der Waals surface area contributed by atoms with Gasteiger partial charge in [-0.3, -0.25) is 0 Å². The number of hydrogen-bond acceptors (Lipinski definition) is 4. The Balaban J connectivity index is 2.59. The molecular weight excluding hydrogens is 259 g/mol. The van der Waals surface area contributed by atoms with E-state index in [0.717, 1.165) is 0 Å². The van der Waals surface area contributed by atoms with Crippen molar-refractivity contribution in [2.75, 3.05) is 20.3 Å². The molecule has 13 heavy (non-hydrogen) atoms. The zero-order valence-electron chi connectivity index (χ0n) is 6.96. The Labute approximate surface area is 89.4 Å². The van der Waals surface area contributed by atoms with Crippen LogP contribution in [0.5, 0.6) is 5.88 Å². The minimum absolute atomic E-state index is 0.163. The summed E-state index contributed by atoms with van der Waals surface area (Å²) in [5.41, 5.74) is 0. The maximum absolute atomic E-state index is 5.58. The lowest BCUT2D eigenvalue weighted by Gasteiger charge is -2.05. The minimum Gasteiger partial charge on any atom is -0.474 e. The lowest BCUT2D eigenvalue weighted by molar-refractivity contribution is 0.143. The Bertz CT molecular complexity index is 285. The highest BCUT2D eigenvalue weighted by molar-refractivity contribution is 9.10. The molecule has 0 aliphatic rings. The van der Waals surface area contributed by atoms with Crippen LogP contribution in [0.3, 0.4) is 0 Å². The van der Waals surface area contributed by atoms with Crippen molar-refractivity contribution in [3.63, 3.8) is 0 Å². The van der Waals surface area contributed by atoms with Crippen LogP contribution in [-0.4, -0.2) is 30.3 Å². The van der Waals surface area contributed by atoms with Gasteiger partial charge in [0.2, 0.25) is 11.2 Å². The summed E-state index contributed by atoms with van der Waals surface area (Å²) in [6.45, 7) is 0.941. The molecule has 0 saturated carbocycles. The van der Waals surface area contributed by atoms with Gasteiger partial charge in [-0.15, -0.1) is 0 Å². The number of aromatic nitrogens is 2. The fourth-order valence-corrected chi connectivity index (χ4v) is 1.09. The molecule has 0 aliphatic carbocycles. The smallest absolute Gasteiger partial charge is 0.232 e. The van der Waals surface area contributed by atoms with Crippen LogP contribution >= 0.6 is 27.5 Å². The maximum Gasteiger partial charge on any atom is 0.232 e. The molecule has 0 unspecified atom stereocenters. The quantitative estimate of drug-likeness (QED) is 0.617. The highest BCUT2D eigenvalue weighted by Crippen LogP contribution is 2.22. The van der Waals surface area contributed by atoms with Gasteiger partial charge in [0, 0.05) is 13.3 Å². The van der Waals surface area contributed by atoms with E-state index in [2.05, 4.69) is 25.9 Å². The second-order valence-corrected chi connectivity index (χ2v) is 3.33. The molecule has 6 heteroatoms. The first kappa shape index (κ1) is 10.7. The molecule has 1 aromatic heterocycles. The number of methoxy groups -OCH3 is 1. The van der Waals surface area contributed by atoms with Crippen LogP contribution < -0.4 is 4.74 Å². The summed E-state index contributed by atoms with van der Waals surface area (Å²) in [6.07, 6.45) is 1.54. The third-order valence-corrected chi connectivity index (χ3v) is 1.93. The SMILES string of the molecule is COCCOc1nc(Cl)ncc1Br. The first-order valence-electron chi connectivity index (χ1n) is 3.54. The Morgan fingerprint density at radius 3 is 3.00 bits per heavy atom. The third kappa shape index (κ3) is 3.46. The van der Waals surface area contributed by atoms with E-state index >= 15 is 0 Å². The fourth-order valence-electron chi connectivity index (χ4n) is 0.654. The van der Waals surface area contributed by atoms with Crippen LogP contribution in [0.1, 0.15) is 0 Å². The van der Waals surface area contributed by atoms with Gasteiger partial charge in [0.05, 0.1) is 11.1 Å². The molecular formula is C7H8BrClN2O2. The third-order valence-electron chi connectivity index (χ3n) is 1.21. The molecule has 0 aliphatic heterocycles. The second kappa shape index (κ2) is 5.36. The average Bonchev–Trinajstić information content (AvgIpc) is 2.11. The normalized spacial score (nSPS) is 10.1. The first-order chi connectivity index (χ1) is 6.24. The Kier molecular flexibility index (Phi) is 4.41. The number of nitrogens with zero attached hydrogens (tertiary/aromatic N) is 2. The van der Waals surface area contributed by atoms with Crippen molar-refractivity contribution in [2.24, 2.45) is 0 Å². The van der Waals surface area contributed by atoms with Gasteiger partial charge in [-0.25, -0.2) is 4.98 Å². The topological polar surface area (TPSA) is 44.2 Å². The van der Waals surface area contributed by atoms with E-state index in [0.29, 0.717) is 23.6 Å². The highest BCUT2D eigenvalue weighted by atomic mass is 79.9. The summed E-state index contributed by atoms with van der Waals surface area (Å²) < 4.78 is 10.7. The van der Waals surface area contributed by atoms with Crippen molar-refractivity contribution < 1.29 is 9.47 Å². The summed E-state index contributed by atoms with van der Waals surface area (Å²) in [5.74, 6) is 0.428. The van der Waals surface area contributed by atoms with Crippen LogP contribution in [0.15, 0.2) is 10.7 Å². The molecule has 1 rings (SSSR count). The number of rotatable bonds is 4. The molecule has 0 aromatic carbocycles. The second-order valence-electron chi connectivity index (χ2n) is 2.13. The summed E-state index contributed by atoms with van der Waals surface area (Å²) in [6, 6.07) is 0. The fraction of sp³-hybridized carbons (Fsp3) is 0.429. The standard InChI is InChI=1S/C7H8BrClN2O2/c1-12-2-3-13-6-5(8)4-10-7(9)11-6/h4H,2-3H2,1H3. The van der Waals surface area contributed by atoms with Gasteiger partial charge < -0.3 is 9.47 Å². The Morgan fingerprint density at radius 2 is 2.31 bits per heavy atom. The van der Waals surface area contributed by atoms with Gasteiger partial charge in [0.1, 0.15) is 6.61 Å². The van der Waals surface area contributed by atoms with Crippen molar-refractivity contribution in [1.82, 2.24) is 9.97 Å². The van der Waals surface area contributed by atoms with E-state index in [9.17, 15) is 0 Å². The van der Waals surface area contributed by atoms with Crippen molar-refractivity contribution >= 4 is 27.5 Å². The summed E-state index contributed by atoms with van der Waals surface area (Å²) in [5, 5.41) is 0.163. The van der Waals surface area contributed by atoms with Crippen LogP contribution in [0.25, 0.3) is 0 Å². The first-order valence-corrected chi connectivity index (χ1v) is 4.71. The highest BCUT2D eigenvalue weighted by Gasteiger charge is 2.04. The molecule has 1 aromatic rings. The summed E-state index contributed by atoms with van der Waals surface area (Å²) in [7, 11) is 1.60. The predicted octanol–water partition coefficient (Wildman–Crippen LogP) is 1.92. The van der Waals surface area contributed by atoms with E-state index in [1.165, 1.54) is 6.20 Å². The zero-order valence-corrected chi connectivity index (χ0v) is 9.30. The Morgan fingerprint density at radius 1 is 1.54 bits per heavy atom.